The molecule has 0 aromatic carbocycles. The van der Waals surface area contributed by atoms with Gasteiger partial charge in [0, 0.05) is 24.4 Å². The molecule has 0 spiro atoms. The lowest BCUT2D eigenvalue weighted by molar-refractivity contribution is -0.148. The molecule has 23 heavy (non-hydrogen) atoms. The number of nitrogens with zero attached hydrogens (tertiary/aromatic N) is 1. The monoisotopic (exact) mass is 314 g/mol. The molecule has 6 atom stereocenters. The van der Waals surface area contributed by atoms with Crippen LogP contribution in [0.1, 0.15) is 37.2 Å². The minimum atomic E-state index is -0.165. The summed E-state index contributed by atoms with van der Waals surface area (Å²) in [6.45, 7) is 0. The van der Waals surface area contributed by atoms with Gasteiger partial charge in [-0.2, -0.15) is 0 Å². The van der Waals surface area contributed by atoms with Crippen molar-refractivity contribution in [1.82, 2.24) is 10.3 Å². The zero-order valence-corrected chi connectivity index (χ0v) is 13.3. The molecule has 4 rings (SSSR count). The molecule has 0 unspecified atom stereocenters. The number of rotatable bonds is 4. The molecular formula is C18H22N2O3. The van der Waals surface area contributed by atoms with Crippen molar-refractivity contribution >= 4 is 11.9 Å². The van der Waals surface area contributed by atoms with Crippen molar-refractivity contribution in [3.63, 3.8) is 0 Å². The Morgan fingerprint density at radius 1 is 1.26 bits per heavy atom. The fourth-order valence-corrected chi connectivity index (χ4v) is 4.69. The largest absolute Gasteiger partial charge is 0.469 e. The molecule has 3 aliphatic rings. The lowest BCUT2D eigenvalue weighted by Gasteiger charge is -2.29. The highest BCUT2D eigenvalue weighted by Gasteiger charge is 2.53. The Morgan fingerprint density at radius 3 is 2.83 bits per heavy atom. The number of methoxy groups -OCH3 is 1. The molecule has 3 aliphatic carbocycles. The van der Waals surface area contributed by atoms with Crippen LogP contribution in [0.3, 0.4) is 0 Å². The van der Waals surface area contributed by atoms with Crippen LogP contribution in [0.4, 0.5) is 0 Å². The van der Waals surface area contributed by atoms with Gasteiger partial charge in [0.25, 0.3) is 0 Å². The summed E-state index contributed by atoms with van der Waals surface area (Å²) in [4.78, 5) is 28.8. The smallest absolute Gasteiger partial charge is 0.311 e. The minimum absolute atomic E-state index is 0.0247. The van der Waals surface area contributed by atoms with E-state index in [-0.39, 0.29) is 35.7 Å². The van der Waals surface area contributed by atoms with E-state index in [1.807, 2.05) is 18.3 Å². The van der Waals surface area contributed by atoms with E-state index in [0.29, 0.717) is 11.8 Å². The molecule has 1 aromatic heterocycles. The fraction of sp³-hybridized carbons (Fsp3) is 0.611. The first kappa shape index (κ1) is 14.7. The summed E-state index contributed by atoms with van der Waals surface area (Å²) in [7, 11) is 1.44. The quantitative estimate of drug-likeness (QED) is 0.862. The average Bonchev–Trinajstić information content (AvgIpc) is 3.15. The molecule has 0 saturated heterocycles. The number of pyridine rings is 1. The van der Waals surface area contributed by atoms with Crippen molar-refractivity contribution in [3.8, 4) is 0 Å². The van der Waals surface area contributed by atoms with Gasteiger partial charge in [0.05, 0.1) is 13.0 Å². The molecule has 0 radical (unpaired) electrons. The number of hydrogen-bond acceptors (Lipinski definition) is 4. The van der Waals surface area contributed by atoms with Crippen LogP contribution in [-0.4, -0.2) is 30.0 Å². The number of amides is 1. The number of carbonyl (C=O) groups excluding carboxylic acids is 2. The molecule has 0 aliphatic heterocycles. The SMILES string of the molecule is COC(=O)[C@@H]1[C@H]2CC[C@@H](C2)[C@@H]1NC(=O)[C@@H]1C[C@@H]1c1cccnc1. The predicted molar refractivity (Wildman–Crippen MR) is 83.4 cm³/mol. The van der Waals surface area contributed by atoms with E-state index in [9.17, 15) is 9.59 Å². The second-order valence-corrected chi connectivity index (χ2v) is 7.15. The molecule has 122 valence electrons. The van der Waals surface area contributed by atoms with Crippen molar-refractivity contribution in [2.24, 2.45) is 23.7 Å². The Hall–Kier alpha value is -1.91. The van der Waals surface area contributed by atoms with Gasteiger partial charge < -0.3 is 10.1 Å². The van der Waals surface area contributed by atoms with Gasteiger partial charge in [-0.25, -0.2) is 0 Å². The van der Waals surface area contributed by atoms with Crippen LogP contribution in [0.2, 0.25) is 0 Å². The highest BCUT2D eigenvalue weighted by atomic mass is 16.5. The Bertz CT molecular complexity index is 618. The summed E-state index contributed by atoms with van der Waals surface area (Å²) in [5.41, 5.74) is 1.13. The molecule has 3 fully saturated rings. The first-order chi connectivity index (χ1) is 11.2. The van der Waals surface area contributed by atoms with Gasteiger partial charge in [0.2, 0.25) is 5.91 Å². The zero-order valence-electron chi connectivity index (χ0n) is 13.3. The molecule has 1 N–H and O–H groups in total. The van der Waals surface area contributed by atoms with E-state index in [0.717, 1.165) is 31.2 Å². The van der Waals surface area contributed by atoms with Crippen LogP contribution in [0, 0.1) is 23.7 Å². The number of nitrogens with one attached hydrogen (secondary N) is 1. The van der Waals surface area contributed by atoms with Gasteiger partial charge in [0.15, 0.2) is 0 Å². The van der Waals surface area contributed by atoms with Crippen LogP contribution >= 0.6 is 0 Å². The van der Waals surface area contributed by atoms with Gasteiger partial charge in [-0.15, -0.1) is 0 Å². The number of fused-ring (bicyclic) bond motifs is 2. The fourth-order valence-electron chi connectivity index (χ4n) is 4.69. The number of ether oxygens (including phenoxy) is 1. The molecule has 2 bridgehead atoms. The second-order valence-electron chi connectivity index (χ2n) is 7.15. The van der Waals surface area contributed by atoms with Crippen LogP contribution in [-0.2, 0) is 14.3 Å². The van der Waals surface area contributed by atoms with Crippen molar-refractivity contribution in [3.05, 3.63) is 30.1 Å². The second kappa shape index (κ2) is 5.62. The van der Waals surface area contributed by atoms with E-state index in [1.54, 1.807) is 6.20 Å². The first-order valence-corrected chi connectivity index (χ1v) is 8.47. The van der Waals surface area contributed by atoms with E-state index in [4.69, 9.17) is 4.74 Å². The minimum Gasteiger partial charge on any atom is -0.469 e. The van der Waals surface area contributed by atoms with Crippen molar-refractivity contribution in [2.75, 3.05) is 7.11 Å². The predicted octanol–water partition coefficient (Wildman–Crippen LogP) is 1.89. The topological polar surface area (TPSA) is 68.3 Å². The molecule has 5 nitrogen and oxygen atoms in total. The maximum atomic E-state index is 12.6. The Labute approximate surface area is 135 Å². The van der Waals surface area contributed by atoms with Crippen LogP contribution in [0.15, 0.2) is 24.5 Å². The number of aromatic nitrogens is 1. The number of hydrogen-bond donors (Lipinski definition) is 1. The summed E-state index contributed by atoms with van der Waals surface area (Å²) in [6, 6.07) is 3.90. The normalized spacial score (nSPS) is 37.4. The lowest BCUT2D eigenvalue weighted by Crippen LogP contribution is -2.47. The molecule has 1 aromatic rings. The summed E-state index contributed by atoms with van der Waals surface area (Å²) < 4.78 is 4.97. The van der Waals surface area contributed by atoms with E-state index >= 15 is 0 Å². The molecule has 1 heterocycles. The summed E-state index contributed by atoms with van der Waals surface area (Å²) >= 11 is 0. The van der Waals surface area contributed by atoms with Gasteiger partial charge >= 0.3 is 5.97 Å². The Balaban J connectivity index is 1.42. The molecule has 3 saturated carbocycles. The Morgan fingerprint density at radius 2 is 2.09 bits per heavy atom. The van der Waals surface area contributed by atoms with Crippen LogP contribution < -0.4 is 5.32 Å². The van der Waals surface area contributed by atoms with Gasteiger partial charge in [0.1, 0.15) is 0 Å². The van der Waals surface area contributed by atoms with Crippen molar-refractivity contribution in [1.29, 1.82) is 0 Å². The van der Waals surface area contributed by atoms with E-state index in [2.05, 4.69) is 10.3 Å². The first-order valence-electron chi connectivity index (χ1n) is 8.47. The summed E-state index contributed by atoms with van der Waals surface area (Å²) in [5, 5.41) is 3.18. The summed E-state index contributed by atoms with van der Waals surface area (Å²) in [6.07, 6.45) is 7.70. The van der Waals surface area contributed by atoms with Gasteiger partial charge in [-0.1, -0.05) is 6.07 Å². The Kier molecular flexibility index (Phi) is 3.58. The maximum Gasteiger partial charge on any atom is 0.311 e. The highest BCUT2D eigenvalue weighted by Crippen LogP contribution is 2.51. The third kappa shape index (κ3) is 2.52. The maximum absolute atomic E-state index is 12.6. The average molecular weight is 314 g/mol. The van der Waals surface area contributed by atoms with Gasteiger partial charge in [-0.05, 0) is 55.1 Å². The molecule has 5 heteroatoms. The van der Waals surface area contributed by atoms with Crippen LogP contribution in [0.5, 0.6) is 0 Å². The number of esters is 1. The van der Waals surface area contributed by atoms with Crippen LogP contribution in [0.25, 0.3) is 0 Å². The highest BCUT2D eigenvalue weighted by molar-refractivity contribution is 5.84. The molecule has 1 amide bonds. The van der Waals surface area contributed by atoms with Gasteiger partial charge in [-0.3, -0.25) is 14.6 Å². The van der Waals surface area contributed by atoms with E-state index < -0.39 is 0 Å². The van der Waals surface area contributed by atoms with Crippen molar-refractivity contribution < 1.29 is 14.3 Å². The third-order valence-electron chi connectivity index (χ3n) is 5.94. The molecular weight excluding hydrogens is 292 g/mol. The third-order valence-corrected chi connectivity index (χ3v) is 5.94. The zero-order chi connectivity index (χ0) is 16.0. The standard InChI is InChI=1S/C18H22N2O3/c1-23-18(22)15-10-4-5-11(7-10)16(15)20-17(21)14-8-13(14)12-3-2-6-19-9-12/h2-3,6,9-11,13-16H,4-5,7-8H2,1H3,(H,20,21)/t10-,11-,13+,14+,15+,16-/m0/s1. The van der Waals surface area contributed by atoms with E-state index in [1.165, 1.54) is 7.11 Å². The number of carbonyl (C=O) groups is 2. The summed E-state index contributed by atoms with van der Waals surface area (Å²) in [5.74, 6) is 0.885. The lowest BCUT2D eigenvalue weighted by atomic mass is 9.84. The van der Waals surface area contributed by atoms with Crippen molar-refractivity contribution in [2.45, 2.75) is 37.6 Å².